The van der Waals surface area contributed by atoms with Crippen molar-refractivity contribution in [3.8, 4) is 11.5 Å². The fourth-order valence-corrected chi connectivity index (χ4v) is 3.10. The van der Waals surface area contributed by atoms with E-state index >= 15 is 0 Å². The van der Waals surface area contributed by atoms with E-state index in [1.54, 1.807) is 20.3 Å². The maximum Gasteiger partial charge on any atom is 0.251 e. The number of rotatable bonds is 5. The van der Waals surface area contributed by atoms with Gasteiger partial charge in [0.2, 0.25) is 11.8 Å². The van der Waals surface area contributed by atoms with Crippen LogP contribution in [0.5, 0.6) is 0 Å². The van der Waals surface area contributed by atoms with Crippen molar-refractivity contribution in [1.29, 1.82) is 0 Å². The van der Waals surface area contributed by atoms with Gasteiger partial charge in [0.25, 0.3) is 5.71 Å². The van der Waals surface area contributed by atoms with E-state index in [0.29, 0.717) is 29.4 Å². The smallest absolute Gasteiger partial charge is 0.251 e. The fourth-order valence-electron chi connectivity index (χ4n) is 3.10. The minimum Gasteiger partial charge on any atom is -0.418 e. The Morgan fingerprint density at radius 1 is 1.32 bits per heavy atom. The number of carbonyl (C=O) groups is 1. The molecule has 1 aromatic carbocycles. The highest BCUT2D eigenvalue weighted by molar-refractivity contribution is 6.03. The highest BCUT2D eigenvalue weighted by Gasteiger charge is 2.19. The number of nitrogens with zero attached hydrogens (tertiary/aromatic N) is 4. The van der Waals surface area contributed by atoms with Gasteiger partial charge >= 0.3 is 0 Å². The molecule has 28 heavy (non-hydrogen) atoms. The summed E-state index contributed by atoms with van der Waals surface area (Å²) in [6.07, 6.45) is 1.49. The van der Waals surface area contributed by atoms with Gasteiger partial charge in [-0.05, 0) is 17.7 Å². The van der Waals surface area contributed by atoms with Crippen LogP contribution in [0.2, 0.25) is 0 Å². The Hall–Kier alpha value is -3.46. The Morgan fingerprint density at radius 3 is 2.89 bits per heavy atom. The van der Waals surface area contributed by atoms with Crippen LogP contribution in [0.25, 0.3) is 33.7 Å². The molecule has 0 bridgehead atoms. The monoisotopic (exact) mass is 379 g/mol. The van der Waals surface area contributed by atoms with Gasteiger partial charge in [-0.2, -0.15) is 4.98 Å². The highest BCUT2D eigenvalue weighted by atomic mass is 16.4. The lowest BCUT2D eigenvalue weighted by Crippen LogP contribution is -2.33. The second-order valence-corrected chi connectivity index (χ2v) is 6.46. The summed E-state index contributed by atoms with van der Waals surface area (Å²) < 4.78 is 7.82. The summed E-state index contributed by atoms with van der Waals surface area (Å²) in [4.78, 5) is 25.2. The second-order valence-electron chi connectivity index (χ2n) is 6.46. The lowest BCUT2D eigenvalue weighted by Gasteiger charge is -2.14. The van der Waals surface area contributed by atoms with E-state index < -0.39 is 6.17 Å². The Labute approximate surface area is 161 Å². The molecule has 1 atom stereocenters. The maximum atomic E-state index is 11.6. The number of nitrogens with two attached hydrogens (primary N) is 1. The van der Waals surface area contributed by atoms with Crippen LogP contribution < -0.4 is 16.4 Å². The first-order chi connectivity index (χ1) is 13.5. The normalized spacial score (nSPS) is 12.4. The number of pyridine rings is 1. The van der Waals surface area contributed by atoms with Crippen molar-refractivity contribution >= 4 is 34.0 Å². The second kappa shape index (κ2) is 6.93. The van der Waals surface area contributed by atoms with Gasteiger partial charge in [0.05, 0.1) is 6.33 Å². The lowest BCUT2D eigenvalue weighted by molar-refractivity contribution is -0.121. The molecule has 4 aromatic rings. The van der Waals surface area contributed by atoms with Gasteiger partial charge in [0.1, 0.15) is 17.2 Å². The van der Waals surface area contributed by atoms with E-state index in [0.717, 1.165) is 22.2 Å². The summed E-state index contributed by atoms with van der Waals surface area (Å²) in [5.74, 6) is 0.945. The molecule has 9 nitrogen and oxygen atoms in total. The molecule has 9 heteroatoms. The summed E-state index contributed by atoms with van der Waals surface area (Å²) >= 11 is 0. The van der Waals surface area contributed by atoms with Crippen LogP contribution in [-0.4, -0.2) is 32.5 Å². The molecular weight excluding hydrogens is 358 g/mol. The molecule has 0 saturated heterocycles. The van der Waals surface area contributed by atoms with E-state index in [-0.39, 0.29) is 5.91 Å². The Morgan fingerprint density at radius 2 is 2.14 bits per heavy atom. The van der Waals surface area contributed by atoms with Crippen LogP contribution in [0.3, 0.4) is 0 Å². The number of aromatic nitrogens is 4. The number of imidazole rings is 1. The van der Waals surface area contributed by atoms with Crippen molar-refractivity contribution in [2.75, 3.05) is 12.4 Å². The largest absolute Gasteiger partial charge is 0.418 e. The molecule has 1 amide bonds. The number of hydrogen-bond acceptors (Lipinski definition) is 7. The molecule has 0 aliphatic rings. The molecule has 0 spiro atoms. The molecule has 0 aliphatic carbocycles. The predicted octanol–water partition coefficient (Wildman–Crippen LogP) is 2.30. The van der Waals surface area contributed by atoms with Crippen molar-refractivity contribution in [3.05, 3.63) is 36.2 Å². The van der Waals surface area contributed by atoms with Crippen LogP contribution >= 0.6 is 0 Å². The molecule has 4 N–H and O–H groups in total. The molecular formula is C19H21N7O2. The molecule has 0 aliphatic heterocycles. The van der Waals surface area contributed by atoms with E-state index in [4.69, 9.17) is 10.2 Å². The van der Waals surface area contributed by atoms with Gasteiger partial charge in [-0.15, -0.1) is 0 Å². The molecule has 4 rings (SSSR count). The molecule has 3 heterocycles. The summed E-state index contributed by atoms with van der Waals surface area (Å²) in [6, 6.07) is 7.43. The highest BCUT2D eigenvalue weighted by Crippen LogP contribution is 2.31. The zero-order valence-electron chi connectivity index (χ0n) is 15.9. The number of nitrogens with one attached hydrogen (secondary N) is 2. The van der Waals surface area contributed by atoms with Crippen molar-refractivity contribution in [3.63, 3.8) is 0 Å². The number of amides is 1. The van der Waals surface area contributed by atoms with E-state index in [1.165, 1.54) is 0 Å². The quantitative estimate of drug-likeness (QED) is 0.455. The Kier molecular flexibility index (Phi) is 4.44. The van der Waals surface area contributed by atoms with Crippen molar-refractivity contribution in [2.24, 2.45) is 12.8 Å². The minimum absolute atomic E-state index is 0.109. The molecule has 0 unspecified atom stereocenters. The van der Waals surface area contributed by atoms with Gasteiger partial charge in [0.15, 0.2) is 11.3 Å². The third-order valence-corrected chi connectivity index (χ3v) is 4.58. The zero-order valence-corrected chi connectivity index (χ0v) is 15.9. The van der Waals surface area contributed by atoms with Crippen LogP contribution in [0.4, 0.5) is 5.82 Å². The van der Waals surface area contributed by atoms with Crippen LogP contribution in [0.15, 0.2) is 35.0 Å². The average molecular weight is 379 g/mol. The zero-order chi connectivity index (χ0) is 19.8. The van der Waals surface area contributed by atoms with Crippen LogP contribution in [-0.2, 0) is 11.8 Å². The lowest BCUT2D eigenvalue weighted by atomic mass is 10.1. The summed E-state index contributed by atoms with van der Waals surface area (Å²) in [5.41, 5.74) is 10.2. The number of hydrogen-bond donors (Lipinski definition) is 3. The number of carbonyl (C=O) groups excluding carboxylic acids is 1. The third-order valence-electron chi connectivity index (χ3n) is 4.58. The van der Waals surface area contributed by atoms with E-state index in [9.17, 15) is 4.79 Å². The van der Waals surface area contributed by atoms with Gasteiger partial charge < -0.3 is 25.4 Å². The molecule has 144 valence electrons. The van der Waals surface area contributed by atoms with Gasteiger partial charge in [-0.25, -0.2) is 9.97 Å². The molecule has 0 saturated carbocycles. The van der Waals surface area contributed by atoms with Crippen molar-refractivity contribution < 1.29 is 9.21 Å². The summed E-state index contributed by atoms with van der Waals surface area (Å²) in [7, 11) is 3.69. The fraction of sp³-hybridized carbons (Fsp3) is 0.263. The Bertz CT molecular complexity index is 1180. The first-order valence-corrected chi connectivity index (χ1v) is 8.96. The van der Waals surface area contributed by atoms with Gasteiger partial charge in [-0.3, -0.25) is 4.79 Å². The summed E-state index contributed by atoms with van der Waals surface area (Å²) in [6.45, 7) is 1.78. The third kappa shape index (κ3) is 2.95. The van der Waals surface area contributed by atoms with Gasteiger partial charge in [-0.1, -0.05) is 19.1 Å². The molecule has 0 radical (unpaired) electrons. The van der Waals surface area contributed by atoms with Crippen LogP contribution in [0, 0.1) is 0 Å². The number of fused-ring (bicyclic) bond motifs is 3. The number of aryl methyl sites for hydroxylation is 1. The number of benzene rings is 1. The molecule has 0 fully saturated rings. The number of anilines is 1. The number of oxazole rings is 1. The first kappa shape index (κ1) is 17.9. The first-order valence-electron chi connectivity index (χ1n) is 8.96. The topological polar surface area (TPSA) is 124 Å². The minimum atomic E-state index is -0.602. The average Bonchev–Trinajstić information content (AvgIpc) is 3.30. The predicted molar refractivity (Wildman–Crippen MR) is 106 cm³/mol. The van der Waals surface area contributed by atoms with Crippen molar-refractivity contribution in [1.82, 2.24) is 24.8 Å². The maximum absolute atomic E-state index is 11.6. The van der Waals surface area contributed by atoms with E-state index in [1.807, 2.05) is 35.9 Å². The standard InChI is InChI=1S/C19H21N7O2/c1-4-12(27)23-16(20)10-6-5-7-11(8-10)18-24-14-15-13(22-9-26(15)3)17(21-2)25-19(14)28-18/h5-9,16H,4,20H2,1-3H3,(H,21,25)(H,23,27)/t16-/m1/s1. The van der Waals surface area contributed by atoms with Crippen molar-refractivity contribution in [2.45, 2.75) is 19.5 Å². The van der Waals surface area contributed by atoms with Gasteiger partial charge in [0, 0.05) is 26.1 Å². The van der Waals surface area contributed by atoms with Crippen LogP contribution in [0.1, 0.15) is 25.1 Å². The Balaban J connectivity index is 1.80. The molecule has 3 aromatic heterocycles. The van der Waals surface area contributed by atoms with E-state index in [2.05, 4.69) is 25.6 Å². The SMILES string of the molecule is CCC(=O)N[C@@H](N)c1cccc(-c2nc3c(nc(NC)c4ncn(C)c43)o2)c1. The summed E-state index contributed by atoms with van der Waals surface area (Å²) in [5, 5.41) is 5.79.